The molecule has 1 fully saturated rings. The molecule has 0 aromatic heterocycles. The zero-order valence-corrected chi connectivity index (χ0v) is 14.8. The van der Waals surface area contributed by atoms with Gasteiger partial charge in [-0.2, -0.15) is 11.8 Å². The lowest BCUT2D eigenvalue weighted by atomic mass is 10.2. The molecule has 1 aromatic carbocycles. The molecule has 0 spiro atoms. The molecule has 1 heterocycles. The summed E-state index contributed by atoms with van der Waals surface area (Å²) in [6, 6.07) is 6.11. The van der Waals surface area contributed by atoms with Crippen LogP contribution in [0.15, 0.2) is 29.2 Å². The highest BCUT2D eigenvalue weighted by Gasteiger charge is 2.32. The summed E-state index contributed by atoms with van der Waals surface area (Å²) in [5.74, 6) is 0.139. The van der Waals surface area contributed by atoms with Crippen molar-refractivity contribution < 1.29 is 18.0 Å². The number of benzene rings is 1. The van der Waals surface area contributed by atoms with Crippen molar-refractivity contribution in [2.45, 2.75) is 17.7 Å². The van der Waals surface area contributed by atoms with Crippen molar-refractivity contribution in [3.05, 3.63) is 29.8 Å². The van der Waals surface area contributed by atoms with E-state index in [9.17, 15) is 18.0 Å². The van der Waals surface area contributed by atoms with Gasteiger partial charge in [0.05, 0.1) is 10.5 Å². The van der Waals surface area contributed by atoms with Gasteiger partial charge in [-0.15, -0.1) is 0 Å². The maximum Gasteiger partial charge on any atom is 0.273 e. The average Bonchev–Trinajstić information content (AvgIpc) is 3.00. The molecule has 0 unspecified atom stereocenters. The first kappa shape index (κ1) is 17.8. The van der Waals surface area contributed by atoms with E-state index in [2.05, 4.69) is 0 Å². The first-order valence-corrected chi connectivity index (χ1v) is 10.5. The molecular weight excluding hydrogens is 336 g/mol. The Morgan fingerprint density at radius 2 is 1.83 bits per heavy atom. The van der Waals surface area contributed by atoms with Gasteiger partial charge < -0.3 is 0 Å². The zero-order valence-electron chi connectivity index (χ0n) is 13.2. The second kappa shape index (κ2) is 7.35. The number of hydrogen-bond donors (Lipinski definition) is 0. The molecule has 0 atom stereocenters. The summed E-state index contributed by atoms with van der Waals surface area (Å²) >= 11 is 1.57. The molecule has 2 amide bonds. The molecule has 23 heavy (non-hydrogen) atoms. The van der Waals surface area contributed by atoms with E-state index in [1.807, 2.05) is 6.26 Å². The minimum atomic E-state index is -3.51. The molecule has 1 aromatic rings. The van der Waals surface area contributed by atoms with Crippen molar-refractivity contribution in [1.82, 2.24) is 10.0 Å². The molecule has 0 radical (unpaired) electrons. The second-order valence-corrected chi connectivity index (χ2v) is 8.28. The van der Waals surface area contributed by atoms with E-state index in [0.717, 1.165) is 6.26 Å². The summed E-state index contributed by atoms with van der Waals surface area (Å²) in [5, 5.41) is 2.81. The Hall–Kier alpha value is -1.54. The van der Waals surface area contributed by atoms with Crippen molar-refractivity contribution in [1.29, 1.82) is 0 Å². The van der Waals surface area contributed by atoms with Gasteiger partial charge in [-0.25, -0.2) is 13.4 Å². The maximum absolute atomic E-state index is 12.8. The number of hydrogen-bond acceptors (Lipinski definition) is 5. The first-order valence-electron chi connectivity index (χ1n) is 7.26. The minimum Gasteiger partial charge on any atom is -0.273 e. The largest absolute Gasteiger partial charge is 0.273 e. The third-order valence-corrected chi connectivity index (χ3v) is 5.36. The molecule has 0 saturated carbocycles. The lowest BCUT2D eigenvalue weighted by Gasteiger charge is -2.28. The molecule has 8 heteroatoms. The molecule has 0 bridgehead atoms. The third-order valence-electron chi connectivity index (χ3n) is 3.59. The van der Waals surface area contributed by atoms with Gasteiger partial charge in [0.25, 0.3) is 5.91 Å². The van der Waals surface area contributed by atoms with Gasteiger partial charge in [-0.1, -0.05) is 12.1 Å². The van der Waals surface area contributed by atoms with Gasteiger partial charge in [-0.05, 0) is 24.8 Å². The second-order valence-electron chi connectivity index (χ2n) is 5.31. The SMILES string of the molecule is CSCCC(=O)N1CCCN1C(=O)c1ccccc1S(C)(=O)=O. The van der Waals surface area contributed by atoms with Crippen molar-refractivity contribution in [2.24, 2.45) is 0 Å². The number of carbonyl (C=O) groups excluding carboxylic acids is 2. The van der Waals surface area contributed by atoms with Crippen LogP contribution in [0, 0.1) is 0 Å². The van der Waals surface area contributed by atoms with Gasteiger partial charge in [-0.3, -0.25) is 14.6 Å². The smallest absolute Gasteiger partial charge is 0.273 e. The summed E-state index contributed by atoms with van der Waals surface area (Å²) in [7, 11) is -3.51. The highest BCUT2D eigenvalue weighted by Crippen LogP contribution is 2.21. The van der Waals surface area contributed by atoms with E-state index >= 15 is 0 Å². The Kier molecular flexibility index (Phi) is 5.69. The third kappa shape index (κ3) is 4.06. The molecule has 0 N–H and O–H groups in total. The van der Waals surface area contributed by atoms with Crippen LogP contribution < -0.4 is 0 Å². The molecular formula is C15H20N2O4S2. The number of sulfone groups is 1. The molecule has 1 aliphatic heterocycles. The van der Waals surface area contributed by atoms with E-state index in [1.54, 1.807) is 23.9 Å². The van der Waals surface area contributed by atoms with E-state index in [-0.39, 0.29) is 16.4 Å². The van der Waals surface area contributed by atoms with Crippen LogP contribution in [0.2, 0.25) is 0 Å². The van der Waals surface area contributed by atoms with Gasteiger partial charge in [0.15, 0.2) is 9.84 Å². The number of thioether (sulfide) groups is 1. The summed E-state index contributed by atoms with van der Waals surface area (Å²) in [6.45, 7) is 0.905. The monoisotopic (exact) mass is 356 g/mol. The average molecular weight is 356 g/mol. The number of rotatable bonds is 5. The fourth-order valence-electron chi connectivity index (χ4n) is 2.51. The van der Waals surface area contributed by atoms with Crippen LogP contribution in [-0.2, 0) is 14.6 Å². The lowest BCUT2D eigenvalue weighted by molar-refractivity contribution is -0.140. The molecule has 6 nitrogen and oxygen atoms in total. The molecule has 126 valence electrons. The number of nitrogens with zero attached hydrogens (tertiary/aromatic N) is 2. The minimum absolute atomic E-state index is 0.00610. The quantitative estimate of drug-likeness (QED) is 0.798. The molecule has 0 aliphatic carbocycles. The summed E-state index contributed by atoms with van der Waals surface area (Å²) in [4.78, 5) is 25.0. The zero-order chi connectivity index (χ0) is 17.0. The van der Waals surface area contributed by atoms with Crippen LogP contribution in [0.3, 0.4) is 0 Å². The Morgan fingerprint density at radius 1 is 1.17 bits per heavy atom. The molecule has 1 saturated heterocycles. The summed E-state index contributed by atoms with van der Waals surface area (Å²) in [5.41, 5.74) is 0.111. The van der Waals surface area contributed by atoms with Crippen molar-refractivity contribution >= 4 is 33.4 Å². The summed E-state index contributed by atoms with van der Waals surface area (Å²) in [6.07, 6.45) is 4.05. The van der Waals surface area contributed by atoms with E-state index in [1.165, 1.54) is 22.2 Å². The number of amides is 2. The number of carbonyl (C=O) groups is 2. The fraction of sp³-hybridized carbons (Fsp3) is 0.467. The van der Waals surface area contributed by atoms with Crippen LogP contribution in [0.5, 0.6) is 0 Å². The predicted octanol–water partition coefficient (Wildman–Crippen LogP) is 1.43. The van der Waals surface area contributed by atoms with E-state index < -0.39 is 15.7 Å². The van der Waals surface area contributed by atoms with Gasteiger partial charge in [0, 0.05) is 31.5 Å². The van der Waals surface area contributed by atoms with Crippen molar-refractivity contribution in [3.63, 3.8) is 0 Å². The van der Waals surface area contributed by atoms with Gasteiger partial charge >= 0.3 is 0 Å². The maximum atomic E-state index is 12.8. The Labute approximate surface area is 140 Å². The highest BCUT2D eigenvalue weighted by atomic mass is 32.2. The van der Waals surface area contributed by atoms with Crippen LogP contribution >= 0.6 is 11.8 Å². The van der Waals surface area contributed by atoms with Crippen LogP contribution in [-0.4, -0.2) is 61.6 Å². The fourth-order valence-corrected chi connectivity index (χ4v) is 3.77. The summed E-state index contributed by atoms with van der Waals surface area (Å²) < 4.78 is 23.8. The van der Waals surface area contributed by atoms with E-state index in [0.29, 0.717) is 31.7 Å². The normalized spacial score (nSPS) is 15.0. The topological polar surface area (TPSA) is 74.8 Å². The van der Waals surface area contributed by atoms with Crippen LogP contribution in [0.1, 0.15) is 23.2 Å². The van der Waals surface area contributed by atoms with Gasteiger partial charge in [0.1, 0.15) is 0 Å². The Bertz CT molecular complexity index is 703. The number of hydrazine groups is 1. The van der Waals surface area contributed by atoms with Crippen molar-refractivity contribution in [3.8, 4) is 0 Å². The van der Waals surface area contributed by atoms with Crippen LogP contribution in [0.4, 0.5) is 0 Å². The standard InChI is InChI=1S/C15H20N2O4S2/c1-22-11-8-14(18)16-9-5-10-17(16)15(19)12-6-3-4-7-13(12)23(2,20)21/h3-4,6-7H,5,8-11H2,1-2H3. The molecule has 2 rings (SSSR count). The first-order chi connectivity index (χ1) is 10.9. The lowest BCUT2D eigenvalue weighted by Crippen LogP contribution is -2.45. The van der Waals surface area contributed by atoms with Crippen LogP contribution in [0.25, 0.3) is 0 Å². The predicted molar refractivity (Wildman–Crippen MR) is 89.9 cm³/mol. The van der Waals surface area contributed by atoms with Crippen molar-refractivity contribution in [2.75, 3.05) is 31.4 Å². The highest BCUT2D eigenvalue weighted by molar-refractivity contribution is 7.98. The molecule has 1 aliphatic rings. The Balaban J connectivity index is 2.28. The van der Waals surface area contributed by atoms with Gasteiger partial charge in [0.2, 0.25) is 5.91 Å². The Morgan fingerprint density at radius 3 is 2.48 bits per heavy atom. The van der Waals surface area contributed by atoms with E-state index in [4.69, 9.17) is 0 Å².